The van der Waals surface area contributed by atoms with Gasteiger partial charge in [-0.05, 0) is 39.0 Å². The lowest BCUT2D eigenvalue weighted by Crippen LogP contribution is -2.21. The lowest BCUT2D eigenvalue weighted by Gasteiger charge is -2.11. The predicted octanol–water partition coefficient (Wildman–Crippen LogP) is 1.02. The molecule has 0 amide bonds. The van der Waals surface area contributed by atoms with Crippen LogP contribution in [0.4, 0.5) is 0 Å². The summed E-state index contributed by atoms with van der Waals surface area (Å²) in [4.78, 5) is 3.86. The maximum absolute atomic E-state index is 11.4. The van der Waals surface area contributed by atoms with Gasteiger partial charge in [0.2, 0.25) is 8.87 Å². The molecule has 0 saturated heterocycles. The van der Waals surface area contributed by atoms with Gasteiger partial charge in [-0.1, -0.05) is 0 Å². The van der Waals surface area contributed by atoms with Crippen LogP contribution < -0.4 is 0 Å². The van der Waals surface area contributed by atoms with Gasteiger partial charge in [0, 0.05) is 18.8 Å². The molecule has 0 atom stereocenters. The molecule has 16 heavy (non-hydrogen) atoms. The van der Waals surface area contributed by atoms with Gasteiger partial charge < -0.3 is 9.80 Å². The number of hydrogen-bond donors (Lipinski definition) is 0. The molecule has 0 spiro atoms. The average molecular weight is 313 g/mol. The maximum Gasteiger partial charge on any atom is 0.202 e. The Morgan fingerprint density at radius 1 is 0.938 bits per heavy atom. The summed E-state index contributed by atoms with van der Waals surface area (Å²) in [6.07, 6.45) is 0. The summed E-state index contributed by atoms with van der Waals surface area (Å²) in [5, 5.41) is 0. The Labute approximate surface area is 115 Å². The van der Waals surface area contributed by atoms with E-state index in [0.717, 1.165) is 17.3 Å². The van der Waals surface area contributed by atoms with Crippen LogP contribution in [0.1, 0.15) is 0 Å². The average Bonchev–Trinajstić information content (AvgIpc) is 2.00. The fourth-order valence-corrected chi connectivity index (χ4v) is 3.66. The zero-order valence-corrected chi connectivity index (χ0v) is 13.4. The van der Waals surface area contributed by atoms with Gasteiger partial charge in [0.1, 0.15) is 0 Å². The summed E-state index contributed by atoms with van der Waals surface area (Å²) in [6, 6.07) is 0. The summed E-state index contributed by atoms with van der Waals surface area (Å²) in [7, 11) is 5.75. The molecule has 102 valence electrons. The zero-order valence-electron chi connectivity index (χ0n) is 10.2. The summed E-state index contributed by atoms with van der Waals surface area (Å²) in [5.41, 5.74) is 0. The minimum Gasteiger partial charge on any atom is -0.309 e. The minimum absolute atomic E-state index is 0. The summed E-state index contributed by atoms with van der Waals surface area (Å²) in [6.45, 7) is 1.39. The Hall–Kier alpha value is 0.800. The van der Waals surface area contributed by atoms with Crippen molar-refractivity contribution in [1.82, 2.24) is 9.80 Å². The van der Waals surface area contributed by atoms with E-state index in [1.54, 1.807) is 0 Å². The largest absolute Gasteiger partial charge is 0.309 e. The van der Waals surface area contributed by atoms with Crippen molar-refractivity contribution in [3.8, 4) is 0 Å². The van der Waals surface area contributed by atoms with E-state index >= 15 is 0 Å². The summed E-state index contributed by atoms with van der Waals surface area (Å²) >= 11 is 0. The van der Waals surface area contributed by atoms with Gasteiger partial charge in [0.25, 0.3) is 0 Å². The lowest BCUT2D eigenvalue weighted by molar-refractivity contribution is 0.433. The highest BCUT2D eigenvalue weighted by Gasteiger charge is 2.11. The van der Waals surface area contributed by atoms with Crippen LogP contribution >= 0.6 is 35.6 Å². The van der Waals surface area contributed by atoms with Crippen molar-refractivity contribution < 1.29 is 8.42 Å². The maximum atomic E-state index is 11.4. The van der Waals surface area contributed by atoms with Crippen molar-refractivity contribution in [3.63, 3.8) is 0 Å². The van der Waals surface area contributed by atoms with Gasteiger partial charge in [-0.2, -0.15) is 0 Å². The van der Waals surface area contributed by atoms with Crippen LogP contribution in [-0.4, -0.2) is 71.0 Å². The number of hydrogen-bond acceptors (Lipinski definition) is 5. The third kappa shape index (κ3) is 14.8. The topological polar surface area (TPSA) is 40.6 Å². The first kappa shape index (κ1) is 22.0. The Balaban J connectivity index is -0.000000845. The molecular weight excluding hydrogens is 291 g/mol. The van der Waals surface area contributed by atoms with E-state index in [2.05, 4.69) is 0 Å². The molecule has 0 N–H and O–H groups in total. The monoisotopic (exact) mass is 312 g/mol. The molecule has 0 rings (SSSR count). The molecule has 0 fully saturated rings. The number of rotatable bonds is 7. The van der Waals surface area contributed by atoms with E-state index in [9.17, 15) is 8.42 Å². The molecule has 0 aliphatic carbocycles. The lowest BCUT2D eigenvalue weighted by atomic mass is 10.7. The normalized spacial score (nSPS) is 11.1. The van der Waals surface area contributed by atoms with E-state index < -0.39 is 8.87 Å². The molecule has 0 aromatic heterocycles. The molecule has 0 aliphatic heterocycles. The standard InChI is InChI=1S/C8H20N2O2S2.2ClH/c1-9(2)5-7-13-14(11,12)8-6-10(3)4;;/h5-8H2,1-4H3;2*1H. The molecule has 0 aromatic carbocycles. The molecule has 0 aromatic rings. The SMILES string of the molecule is CN(C)CCSS(=O)(=O)CCN(C)C.Cl.Cl. The van der Waals surface area contributed by atoms with E-state index in [4.69, 9.17) is 0 Å². The van der Waals surface area contributed by atoms with Crippen molar-refractivity contribution in [3.05, 3.63) is 0 Å². The van der Waals surface area contributed by atoms with E-state index in [0.29, 0.717) is 12.3 Å². The van der Waals surface area contributed by atoms with Gasteiger partial charge in [-0.15, -0.1) is 24.8 Å². The summed E-state index contributed by atoms with van der Waals surface area (Å²) < 4.78 is 22.9. The first-order valence-electron chi connectivity index (χ1n) is 4.50. The van der Waals surface area contributed by atoms with Crippen molar-refractivity contribution in [2.24, 2.45) is 0 Å². The third-order valence-corrected chi connectivity index (χ3v) is 5.06. The van der Waals surface area contributed by atoms with Gasteiger partial charge in [0.15, 0.2) is 0 Å². The second-order valence-corrected chi connectivity index (χ2v) is 8.09. The molecule has 0 bridgehead atoms. The highest BCUT2D eigenvalue weighted by molar-refractivity contribution is 8.72. The van der Waals surface area contributed by atoms with Gasteiger partial charge in [0.05, 0.1) is 5.75 Å². The van der Waals surface area contributed by atoms with Crippen LogP contribution in [0, 0.1) is 0 Å². The van der Waals surface area contributed by atoms with Crippen molar-refractivity contribution in [2.45, 2.75) is 0 Å². The van der Waals surface area contributed by atoms with Crippen molar-refractivity contribution in [2.75, 3.05) is 52.8 Å². The van der Waals surface area contributed by atoms with Crippen LogP contribution in [0.25, 0.3) is 0 Å². The van der Waals surface area contributed by atoms with Crippen LogP contribution in [0.15, 0.2) is 0 Å². The Bertz CT molecular complexity index is 246. The van der Waals surface area contributed by atoms with E-state index in [1.165, 1.54) is 0 Å². The Morgan fingerprint density at radius 2 is 1.38 bits per heavy atom. The first-order chi connectivity index (χ1) is 6.33. The van der Waals surface area contributed by atoms with E-state index in [-0.39, 0.29) is 30.6 Å². The second kappa shape index (κ2) is 10.9. The molecule has 8 heteroatoms. The summed E-state index contributed by atoms with van der Waals surface area (Å²) in [5.74, 6) is 0.876. The highest BCUT2D eigenvalue weighted by Crippen LogP contribution is 2.12. The molecule has 4 nitrogen and oxygen atoms in total. The number of nitrogens with zero attached hydrogens (tertiary/aromatic N) is 2. The molecule has 0 radical (unpaired) electrons. The highest BCUT2D eigenvalue weighted by atomic mass is 35.5. The fourth-order valence-electron chi connectivity index (χ4n) is 0.700. The molecule has 0 saturated carbocycles. The van der Waals surface area contributed by atoms with Gasteiger partial charge in [-0.3, -0.25) is 0 Å². The van der Waals surface area contributed by atoms with Crippen LogP contribution in [0.2, 0.25) is 0 Å². The second-order valence-electron chi connectivity index (χ2n) is 3.69. The predicted molar refractivity (Wildman–Crippen MR) is 77.8 cm³/mol. The van der Waals surface area contributed by atoms with Crippen molar-refractivity contribution in [1.29, 1.82) is 0 Å². The smallest absolute Gasteiger partial charge is 0.202 e. The van der Waals surface area contributed by atoms with Gasteiger partial charge in [-0.25, -0.2) is 8.42 Å². The molecule has 0 heterocycles. The zero-order chi connectivity index (χ0) is 11.2. The fraction of sp³-hybridized carbons (Fsp3) is 1.00. The third-order valence-electron chi connectivity index (χ3n) is 1.59. The van der Waals surface area contributed by atoms with E-state index in [1.807, 2.05) is 38.0 Å². The first-order valence-corrected chi connectivity index (χ1v) is 7.65. The molecule has 0 aliphatic rings. The van der Waals surface area contributed by atoms with Crippen LogP contribution in [0.5, 0.6) is 0 Å². The number of halogens is 2. The van der Waals surface area contributed by atoms with Crippen LogP contribution in [0.3, 0.4) is 0 Å². The quantitative estimate of drug-likeness (QED) is 0.656. The molecule has 0 unspecified atom stereocenters. The van der Waals surface area contributed by atoms with Crippen LogP contribution in [-0.2, 0) is 8.87 Å². The Kier molecular flexibility index (Phi) is 15.0. The van der Waals surface area contributed by atoms with Gasteiger partial charge >= 0.3 is 0 Å². The minimum atomic E-state index is -2.92. The molecular formula is C8H22Cl2N2O2S2. The Morgan fingerprint density at radius 3 is 1.75 bits per heavy atom. The van der Waals surface area contributed by atoms with Crippen molar-refractivity contribution >= 4 is 44.5 Å².